The summed E-state index contributed by atoms with van der Waals surface area (Å²) in [7, 11) is -4.58. The lowest BCUT2D eigenvalue weighted by atomic mass is 10.0. The molecule has 11 heteroatoms. The summed E-state index contributed by atoms with van der Waals surface area (Å²) in [5, 5.41) is 19.9. The fourth-order valence-electron chi connectivity index (χ4n) is 5.59. The van der Waals surface area contributed by atoms with Crippen LogP contribution in [0.5, 0.6) is 0 Å². The Labute approximate surface area is 299 Å². The first-order valence-electron chi connectivity index (χ1n) is 20.0. The predicted molar refractivity (Wildman–Crippen MR) is 196 cm³/mol. The normalized spacial score (nSPS) is 13.0. The van der Waals surface area contributed by atoms with Crippen LogP contribution in [0.25, 0.3) is 0 Å². The van der Waals surface area contributed by atoms with Gasteiger partial charge in [0.25, 0.3) is 0 Å². The highest BCUT2D eigenvalue weighted by Gasteiger charge is 2.25. The van der Waals surface area contributed by atoms with Gasteiger partial charge >= 0.3 is 19.8 Å². The number of phosphoric acid groups is 1. The summed E-state index contributed by atoms with van der Waals surface area (Å²) in [6.45, 7) is 2.56. The monoisotopic (exact) mass is 723 g/mol. The van der Waals surface area contributed by atoms with Gasteiger partial charge in [-0.25, -0.2) is 4.57 Å². The summed E-state index contributed by atoms with van der Waals surface area (Å²) in [6.07, 6.45) is 29.4. The van der Waals surface area contributed by atoms with Crippen LogP contribution in [0.4, 0.5) is 0 Å². The SMILES string of the molecule is CCCCCCCCCCCCCCCC(=O)OC[C@H](O)COP(=O)(O)OC[C@@H](O)COC(=O)CCCCCCCCCCCCCCC. The van der Waals surface area contributed by atoms with Crippen LogP contribution >= 0.6 is 7.82 Å². The fraction of sp³-hybridized carbons (Fsp3) is 0.947. The number of carbonyl (C=O) groups is 2. The largest absolute Gasteiger partial charge is 0.472 e. The average molecular weight is 723 g/mol. The maximum absolute atomic E-state index is 12.1. The van der Waals surface area contributed by atoms with Gasteiger partial charge in [-0.3, -0.25) is 18.6 Å². The van der Waals surface area contributed by atoms with Crippen LogP contribution in [0.2, 0.25) is 0 Å². The Morgan fingerprint density at radius 1 is 0.449 bits per heavy atom. The van der Waals surface area contributed by atoms with E-state index in [9.17, 15) is 29.3 Å². The molecule has 0 heterocycles. The number of carbonyl (C=O) groups excluding carboxylic acids is 2. The lowest BCUT2D eigenvalue weighted by molar-refractivity contribution is -0.147. The van der Waals surface area contributed by atoms with Gasteiger partial charge in [0.1, 0.15) is 25.4 Å². The molecule has 0 radical (unpaired) electrons. The van der Waals surface area contributed by atoms with E-state index in [-0.39, 0.29) is 26.1 Å². The number of esters is 2. The highest BCUT2D eigenvalue weighted by atomic mass is 31.2. The lowest BCUT2D eigenvalue weighted by Gasteiger charge is -2.17. The predicted octanol–water partition coefficient (Wildman–Crippen LogP) is 9.89. The zero-order chi connectivity index (χ0) is 36.3. The number of hydrogen-bond acceptors (Lipinski definition) is 9. The third kappa shape index (κ3) is 36.6. The lowest BCUT2D eigenvalue weighted by Crippen LogP contribution is -2.25. The number of unbranched alkanes of at least 4 members (excludes halogenated alkanes) is 24. The van der Waals surface area contributed by atoms with Crippen LogP contribution in [0.1, 0.15) is 194 Å². The van der Waals surface area contributed by atoms with E-state index in [2.05, 4.69) is 13.8 Å². The Morgan fingerprint density at radius 3 is 0.959 bits per heavy atom. The summed E-state index contributed by atoms with van der Waals surface area (Å²) < 4.78 is 31.6. The Hall–Kier alpha value is -1.03. The van der Waals surface area contributed by atoms with Crippen LogP contribution in [-0.4, -0.2) is 65.7 Å². The molecule has 0 aliphatic carbocycles. The van der Waals surface area contributed by atoms with E-state index in [4.69, 9.17) is 18.5 Å². The second-order valence-corrected chi connectivity index (χ2v) is 15.2. The van der Waals surface area contributed by atoms with Crippen LogP contribution in [0, 0.1) is 0 Å². The van der Waals surface area contributed by atoms with E-state index >= 15 is 0 Å². The molecule has 0 saturated heterocycles. The Balaban J connectivity index is 3.69. The number of aliphatic hydroxyl groups excluding tert-OH is 2. The van der Waals surface area contributed by atoms with E-state index in [0.29, 0.717) is 0 Å². The summed E-state index contributed by atoms with van der Waals surface area (Å²) in [5.41, 5.74) is 0. The summed E-state index contributed by atoms with van der Waals surface area (Å²) in [6, 6.07) is 0. The Kier molecular flexibility index (Phi) is 34.6. The molecule has 0 aromatic carbocycles. The zero-order valence-corrected chi connectivity index (χ0v) is 32.3. The van der Waals surface area contributed by atoms with Crippen molar-refractivity contribution in [1.82, 2.24) is 0 Å². The molecular formula is C38H75O10P. The first-order chi connectivity index (χ1) is 23.7. The summed E-state index contributed by atoms with van der Waals surface area (Å²) >= 11 is 0. The fourth-order valence-corrected chi connectivity index (χ4v) is 6.39. The molecule has 49 heavy (non-hydrogen) atoms. The van der Waals surface area contributed by atoms with Crippen molar-refractivity contribution in [2.24, 2.45) is 0 Å². The molecule has 0 spiro atoms. The van der Waals surface area contributed by atoms with Crippen molar-refractivity contribution in [1.29, 1.82) is 0 Å². The highest BCUT2D eigenvalue weighted by molar-refractivity contribution is 7.47. The van der Waals surface area contributed by atoms with Crippen LogP contribution in [0.15, 0.2) is 0 Å². The van der Waals surface area contributed by atoms with Gasteiger partial charge in [0.05, 0.1) is 13.2 Å². The van der Waals surface area contributed by atoms with Crippen molar-refractivity contribution in [3.63, 3.8) is 0 Å². The zero-order valence-electron chi connectivity index (χ0n) is 31.4. The molecule has 0 amide bonds. The second-order valence-electron chi connectivity index (χ2n) is 13.7. The van der Waals surface area contributed by atoms with Crippen LogP contribution in [-0.2, 0) is 32.7 Å². The molecule has 0 aliphatic heterocycles. The first-order valence-corrected chi connectivity index (χ1v) is 21.5. The number of ether oxygens (including phenoxy) is 2. The van der Waals surface area contributed by atoms with Crippen molar-refractivity contribution in [2.45, 2.75) is 206 Å². The quantitative estimate of drug-likeness (QED) is 0.0319. The highest BCUT2D eigenvalue weighted by Crippen LogP contribution is 2.43. The van der Waals surface area contributed by atoms with E-state index in [1.807, 2.05) is 0 Å². The molecule has 0 aliphatic rings. The van der Waals surface area contributed by atoms with Gasteiger partial charge in [-0.1, -0.05) is 168 Å². The average Bonchev–Trinajstić information content (AvgIpc) is 3.08. The minimum atomic E-state index is -4.58. The van der Waals surface area contributed by atoms with E-state index in [0.717, 1.165) is 38.5 Å². The third-order valence-corrected chi connectivity index (χ3v) is 9.65. The van der Waals surface area contributed by atoms with Gasteiger partial charge in [0.2, 0.25) is 0 Å². The van der Waals surface area contributed by atoms with Crippen molar-refractivity contribution in [3.8, 4) is 0 Å². The summed E-state index contributed by atoms with van der Waals surface area (Å²) in [4.78, 5) is 33.7. The Morgan fingerprint density at radius 2 is 0.694 bits per heavy atom. The van der Waals surface area contributed by atoms with Crippen LogP contribution < -0.4 is 0 Å². The molecule has 0 aromatic heterocycles. The van der Waals surface area contributed by atoms with Gasteiger partial charge in [-0.15, -0.1) is 0 Å². The standard InChI is InChI=1S/C38H75O10P/c1-3-5-7-9-11-13-15-17-19-21-23-25-27-29-37(41)45-31-35(39)33-47-49(43,44)48-34-36(40)32-46-38(42)30-28-26-24-22-20-18-16-14-12-10-8-6-4-2/h35-36,39-40H,3-34H2,1-2H3,(H,43,44)/t35-,36-/m0/s1. The molecule has 3 N–H and O–H groups in total. The molecule has 2 atom stereocenters. The van der Waals surface area contributed by atoms with Crippen molar-refractivity contribution in [2.75, 3.05) is 26.4 Å². The Bertz CT molecular complexity index is 736. The molecular weight excluding hydrogens is 647 g/mol. The molecule has 292 valence electrons. The van der Waals surface area contributed by atoms with E-state index in [1.165, 1.54) is 128 Å². The number of aliphatic hydroxyl groups is 2. The van der Waals surface area contributed by atoms with Crippen molar-refractivity contribution < 1.29 is 47.8 Å². The number of phosphoric ester groups is 1. The molecule has 0 aromatic rings. The summed E-state index contributed by atoms with van der Waals surface area (Å²) in [5.74, 6) is -0.866. The molecule has 0 unspecified atom stereocenters. The molecule has 0 saturated carbocycles. The maximum atomic E-state index is 12.1. The van der Waals surface area contributed by atoms with Gasteiger partial charge in [0, 0.05) is 12.8 Å². The van der Waals surface area contributed by atoms with Gasteiger partial charge < -0.3 is 24.6 Å². The molecule has 0 fully saturated rings. The first kappa shape index (κ1) is 48.0. The van der Waals surface area contributed by atoms with E-state index in [1.54, 1.807) is 0 Å². The molecule has 0 bridgehead atoms. The van der Waals surface area contributed by atoms with Gasteiger partial charge in [-0.2, -0.15) is 0 Å². The molecule has 0 rings (SSSR count). The van der Waals surface area contributed by atoms with Gasteiger partial charge in [-0.05, 0) is 12.8 Å². The van der Waals surface area contributed by atoms with Crippen molar-refractivity contribution in [3.05, 3.63) is 0 Å². The maximum Gasteiger partial charge on any atom is 0.472 e. The smallest absolute Gasteiger partial charge is 0.463 e. The number of hydrogen-bond donors (Lipinski definition) is 3. The second kappa shape index (κ2) is 35.4. The van der Waals surface area contributed by atoms with Gasteiger partial charge in [0.15, 0.2) is 0 Å². The minimum absolute atomic E-state index is 0.259. The minimum Gasteiger partial charge on any atom is -0.463 e. The van der Waals surface area contributed by atoms with E-state index < -0.39 is 45.2 Å². The number of rotatable bonds is 38. The molecule has 10 nitrogen and oxygen atoms in total. The topological polar surface area (TPSA) is 149 Å². The van der Waals surface area contributed by atoms with Crippen molar-refractivity contribution >= 4 is 19.8 Å². The van der Waals surface area contributed by atoms with Crippen LogP contribution in [0.3, 0.4) is 0 Å². The third-order valence-electron chi connectivity index (χ3n) is 8.70.